The highest BCUT2D eigenvalue weighted by Crippen LogP contribution is 2.28. The lowest BCUT2D eigenvalue weighted by molar-refractivity contribution is -0.133. The van der Waals surface area contributed by atoms with Crippen LogP contribution in [0.15, 0.2) is 71.5 Å². The second-order valence-corrected chi connectivity index (χ2v) is 10.8. The Morgan fingerprint density at radius 2 is 1.76 bits per heavy atom. The molecule has 0 aliphatic heterocycles. The first-order chi connectivity index (χ1) is 19.7. The van der Waals surface area contributed by atoms with E-state index in [1.807, 2.05) is 68.4 Å². The number of benzene rings is 3. The number of nitrogens with zero attached hydrogens (tertiary/aromatic N) is 4. The summed E-state index contributed by atoms with van der Waals surface area (Å²) < 4.78 is 7.21. The predicted molar refractivity (Wildman–Crippen MR) is 165 cm³/mol. The van der Waals surface area contributed by atoms with Crippen LogP contribution in [0, 0.1) is 0 Å². The van der Waals surface area contributed by atoms with Gasteiger partial charge in [0.25, 0.3) is 5.56 Å². The van der Waals surface area contributed by atoms with Gasteiger partial charge in [0.1, 0.15) is 11.6 Å². The van der Waals surface area contributed by atoms with Crippen LogP contribution in [0.4, 0.5) is 0 Å². The number of rotatable bonds is 12. The van der Waals surface area contributed by atoms with E-state index in [1.165, 1.54) is 0 Å². The number of fused-ring (bicyclic) bond motifs is 1. The molecule has 2 N–H and O–H groups in total. The van der Waals surface area contributed by atoms with Crippen LogP contribution >= 0.6 is 23.2 Å². The third-order valence-corrected chi connectivity index (χ3v) is 7.51. The Labute approximate surface area is 250 Å². The van der Waals surface area contributed by atoms with Crippen LogP contribution in [-0.2, 0) is 11.2 Å². The minimum atomic E-state index is -0.570. The average molecular weight is 597 g/mol. The van der Waals surface area contributed by atoms with E-state index in [0.717, 1.165) is 5.56 Å². The van der Waals surface area contributed by atoms with E-state index in [2.05, 4.69) is 0 Å². The van der Waals surface area contributed by atoms with Gasteiger partial charge in [-0.05, 0) is 88.1 Å². The van der Waals surface area contributed by atoms with Crippen LogP contribution < -0.4 is 16.0 Å². The van der Waals surface area contributed by atoms with Crippen LogP contribution in [0.1, 0.15) is 30.8 Å². The molecule has 1 amide bonds. The van der Waals surface area contributed by atoms with Gasteiger partial charge in [0, 0.05) is 13.1 Å². The maximum atomic E-state index is 14.0. The Morgan fingerprint density at radius 1 is 1.02 bits per heavy atom. The number of hydrogen-bond acceptors (Lipinski definition) is 6. The maximum absolute atomic E-state index is 14.0. The van der Waals surface area contributed by atoms with Gasteiger partial charge in [-0.2, -0.15) is 0 Å². The number of carbonyl (C=O) groups is 1. The van der Waals surface area contributed by atoms with Crippen molar-refractivity contribution in [2.24, 2.45) is 5.73 Å². The Hall–Kier alpha value is -3.43. The highest BCUT2D eigenvalue weighted by molar-refractivity contribution is 6.42. The van der Waals surface area contributed by atoms with Crippen molar-refractivity contribution >= 4 is 40.0 Å². The Morgan fingerprint density at radius 3 is 2.41 bits per heavy atom. The lowest BCUT2D eigenvalue weighted by atomic mass is 10.1. The topological polar surface area (TPSA) is 93.7 Å². The molecule has 1 heterocycles. The summed E-state index contributed by atoms with van der Waals surface area (Å²) in [5, 5.41) is 1.29. The van der Waals surface area contributed by atoms with Crippen LogP contribution in [-0.4, -0.2) is 65.6 Å². The molecule has 0 bridgehead atoms. The molecule has 0 aliphatic rings. The van der Waals surface area contributed by atoms with Gasteiger partial charge >= 0.3 is 0 Å². The van der Waals surface area contributed by atoms with Gasteiger partial charge in [-0.3, -0.25) is 14.2 Å². The predicted octanol–water partition coefficient (Wildman–Crippen LogP) is 5.11. The van der Waals surface area contributed by atoms with E-state index >= 15 is 0 Å². The fourth-order valence-electron chi connectivity index (χ4n) is 4.75. The first-order valence-electron chi connectivity index (χ1n) is 13.6. The third-order valence-electron chi connectivity index (χ3n) is 6.77. The van der Waals surface area contributed by atoms with Gasteiger partial charge in [-0.1, -0.05) is 41.4 Å². The van der Waals surface area contributed by atoms with E-state index in [4.69, 9.17) is 38.7 Å². The lowest BCUT2D eigenvalue weighted by Crippen LogP contribution is -2.43. The third kappa shape index (κ3) is 7.26. The number of hydrogen-bond donors (Lipinski definition) is 1. The minimum Gasteiger partial charge on any atom is -0.494 e. The SMILES string of the molecule is CCOc1ccc(-n2c(C(CCN)N(CCN(C)C)C(=O)Cc3ccc(Cl)c(Cl)c3)nc3ccccc3c2=O)cc1. The molecule has 1 atom stereocenters. The van der Waals surface area contributed by atoms with Crippen LogP contribution in [0.2, 0.25) is 10.0 Å². The molecule has 0 saturated heterocycles. The molecule has 1 unspecified atom stereocenters. The molecular weight excluding hydrogens is 561 g/mol. The Balaban J connectivity index is 1.87. The van der Waals surface area contributed by atoms with Crippen LogP contribution in [0.25, 0.3) is 16.6 Å². The van der Waals surface area contributed by atoms with E-state index < -0.39 is 6.04 Å². The van der Waals surface area contributed by atoms with Gasteiger partial charge in [-0.15, -0.1) is 0 Å². The van der Waals surface area contributed by atoms with Gasteiger partial charge in [-0.25, -0.2) is 4.98 Å². The fraction of sp³-hybridized carbons (Fsp3) is 0.323. The van der Waals surface area contributed by atoms with E-state index in [-0.39, 0.29) is 24.4 Å². The second-order valence-electron chi connectivity index (χ2n) is 9.96. The van der Waals surface area contributed by atoms with Crippen molar-refractivity contribution in [3.8, 4) is 11.4 Å². The molecule has 8 nitrogen and oxygen atoms in total. The highest BCUT2D eigenvalue weighted by atomic mass is 35.5. The number of carbonyl (C=O) groups excluding carboxylic acids is 1. The summed E-state index contributed by atoms with van der Waals surface area (Å²) in [6, 6.07) is 19.1. The molecule has 216 valence electrons. The summed E-state index contributed by atoms with van der Waals surface area (Å²) in [5.41, 5.74) is 7.83. The number of para-hydroxylation sites is 1. The summed E-state index contributed by atoms with van der Waals surface area (Å²) in [5.74, 6) is 1.01. The standard InChI is InChI=1S/C31H35Cl2N5O3/c1-4-41-23-12-10-22(11-13-23)38-30(35-27-8-6-5-7-24(27)31(38)40)28(15-16-34)37(18-17-36(2)3)29(39)20-21-9-14-25(32)26(33)19-21/h5-14,19,28H,4,15-18,20,34H2,1-3H3. The zero-order valence-corrected chi connectivity index (χ0v) is 25.0. The van der Waals surface area contributed by atoms with Gasteiger partial charge < -0.3 is 20.3 Å². The van der Waals surface area contributed by atoms with Crippen LogP contribution in [0.5, 0.6) is 5.75 Å². The minimum absolute atomic E-state index is 0.103. The highest BCUT2D eigenvalue weighted by Gasteiger charge is 2.30. The average Bonchev–Trinajstić information content (AvgIpc) is 2.95. The summed E-state index contributed by atoms with van der Waals surface area (Å²) in [6.07, 6.45) is 0.509. The van der Waals surface area contributed by atoms with Crippen molar-refractivity contribution in [2.45, 2.75) is 25.8 Å². The fourth-order valence-corrected chi connectivity index (χ4v) is 5.07. The molecule has 0 radical (unpaired) electrons. The molecule has 4 rings (SSSR count). The van der Waals surface area contributed by atoms with Gasteiger partial charge in [0.15, 0.2) is 0 Å². The summed E-state index contributed by atoms with van der Waals surface area (Å²) in [7, 11) is 3.90. The van der Waals surface area contributed by atoms with Crippen LogP contribution in [0.3, 0.4) is 0 Å². The summed E-state index contributed by atoms with van der Waals surface area (Å²) >= 11 is 12.3. The van der Waals surface area contributed by atoms with Crippen molar-refractivity contribution < 1.29 is 9.53 Å². The van der Waals surface area contributed by atoms with E-state index in [0.29, 0.717) is 64.3 Å². The van der Waals surface area contributed by atoms with Crippen molar-refractivity contribution in [1.29, 1.82) is 0 Å². The largest absolute Gasteiger partial charge is 0.494 e. The molecule has 0 saturated carbocycles. The molecule has 0 fully saturated rings. The smallest absolute Gasteiger partial charge is 0.266 e. The number of amides is 1. The molecule has 41 heavy (non-hydrogen) atoms. The first-order valence-corrected chi connectivity index (χ1v) is 14.3. The molecular formula is C31H35Cl2N5O3. The maximum Gasteiger partial charge on any atom is 0.266 e. The second kappa shape index (κ2) is 14.0. The Bertz CT molecular complexity index is 1560. The number of ether oxygens (including phenoxy) is 1. The molecule has 10 heteroatoms. The molecule has 0 spiro atoms. The summed E-state index contributed by atoms with van der Waals surface area (Å²) in [4.78, 5) is 36.8. The Kier molecular flexibility index (Phi) is 10.4. The monoisotopic (exact) mass is 595 g/mol. The summed E-state index contributed by atoms with van der Waals surface area (Å²) in [6.45, 7) is 3.74. The molecule has 3 aromatic carbocycles. The van der Waals surface area contributed by atoms with Crippen molar-refractivity contribution in [3.63, 3.8) is 0 Å². The number of nitrogens with two attached hydrogens (primary N) is 1. The normalized spacial score (nSPS) is 12.1. The van der Waals surface area contributed by atoms with Crippen molar-refractivity contribution in [2.75, 3.05) is 40.3 Å². The van der Waals surface area contributed by atoms with E-state index in [1.54, 1.807) is 33.7 Å². The number of halogens is 2. The number of aromatic nitrogens is 2. The first kappa shape index (κ1) is 30.5. The lowest BCUT2D eigenvalue weighted by Gasteiger charge is -2.34. The quantitative estimate of drug-likeness (QED) is 0.244. The zero-order valence-electron chi connectivity index (χ0n) is 23.5. The molecule has 4 aromatic rings. The molecule has 0 aliphatic carbocycles. The number of likely N-dealkylation sites (N-methyl/N-ethyl adjacent to an activating group) is 1. The molecule has 1 aromatic heterocycles. The zero-order chi connectivity index (χ0) is 29.5. The van der Waals surface area contributed by atoms with Gasteiger partial charge in [0.05, 0.1) is 45.7 Å². The van der Waals surface area contributed by atoms with E-state index in [9.17, 15) is 9.59 Å². The van der Waals surface area contributed by atoms with Crippen molar-refractivity contribution in [1.82, 2.24) is 19.4 Å². The van der Waals surface area contributed by atoms with Crippen molar-refractivity contribution in [3.05, 3.63) is 98.5 Å². The van der Waals surface area contributed by atoms with Gasteiger partial charge in [0.2, 0.25) is 5.91 Å².